The Labute approximate surface area is 141 Å². The highest BCUT2D eigenvalue weighted by atomic mass is 79.9. The molecule has 0 unspecified atom stereocenters. The van der Waals surface area contributed by atoms with Crippen LogP contribution in [0.2, 0.25) is 0 Å². The molecule has 3 heteroatoms. The van der Waals surface area contributed by atoms with Gasteiger partial charge >= 0.3 is 0 Å². The van der Waals surface area contributed by atoms with Gasteiger partial charge in [-0.05, 0) is 25.0 Å². The van der Waals surface area contributed by atoms with Crippen LogP contribution >= 0.6 is 15.9 Å². The zero-order valence-corrected chi connectivity index (χ0v) is 15.1. The predicted octanol–water partition coefficient (Wildman–Crippen LogP) is 5.88. The van der Waals surface area contributed by atoms with Crippen molar-refractivity contribution in [2.24, 2.45) is 0 Å². The number of ether oxygens (including phenoxy) is 2. The fourth-order valence-electron chi connectivity index (χ4n) is 2.61. The van der Waals surface area contributed by atoms with E-state index in [1.807, 2.05) is 6.07 Å². The Morgan fingerprint density at radius 2 is 1.73 bits per heavy atom. The Balaban J connectivity index is 2.21. The van der Waals surface area contributed by atoms with E-state index in [-0.39, 0.29) is 0 Å². The van der Waals surface area contributed by atoms with Gasteiger partial charge in [0.1, 0.15) is 11.5 Å². The molecule has 2 aromatic rings. The normalized spacial score (nSPS) is 10.9. The molecular formula is C19H25BrO2. The van der Waals surface area contributed by atoms with Crippen molar-refractivity contribution in [1.29, 1.82) is 0 Å². The van der Waals surface area contributed by atoms with Crippen molar-refractivity contribution in [2.45, 2.75) is 39.5 Å². The van der Waals surface area contributed by atoms with E-state index in [9.17, 15) is 0 Å². The maximum absolute atomic E-state index is 6.09. The Morgan fingerprint density at radius 3 is 2.45 bits per heavy atom. The van der Waals surface area contributed by atoms with Gasteiger partial charge in [0, 0.05) is 16.1 Å². The van der Waals surface area contributed by atoms with Crippen LogP contribution in [0.25, 0.3) is 10.8 Å². The summed E-state index contributed by atoms with van der Waals surface area (Å²) in [7, 11) is 0. The number of rotatable bonds is 9. The summed E-state index contributed by atoms with van der Waals surface area (Å²) in [5, 5.41) is 3.09. The monoisotopic (exact) mass is 364 g/mol. The highest BCUT2D eigenvalue weighted by molar-refractivity contribution is 9.09. The lowest BCUT2D eigenvalue weighted by atomic mass is 10.0. The first-order valence-corrected chi connectivity index (χ1v) is 9.24. The summed E-state index contributed by atoms with van der Waals surface area (Å²) >= 11 is 3.41. The third-order valence-electron chi connectivity index (χ3n) is 3.72. The van der Waals surface area contributed by atoms with Crippen LogP contribution in [0.15, 0.2) is 30.3 Å². The maximum Gasteiger partial charge on any atom is 0.130 e. The van der Waals surface area contributed by atoms with Gasteiger partial charge in [-0.1, -0.05) is 66.4 Å². The molecule has 120 valence electrons. The minimum Gasteiger partial charge on any atom is -0.493 e. The van der Waals surface area contributed by atoms with Gasteiger partial charge in [-0.25, -0.2) is 0 Å². The molecule has 0 spiro atoms. The van der Waals surface area contributed by atoms with E-state index < -0.39 is 0 Å². The lowest BCUT2D eigenvalue weighted by Gasteiger charge is -2.16. The number of halogens is 1. The summed E-state index contributed by atoms with van der Waals surface area (Å²) in [5.74, 6) is 1.93. The Kier molecular flexibility index (Phi) is 7.04. The van der Waals surface area contributed by atoms with Gasteiger partial charge in [0.05, 0.1) is 13.2 Å². The van der Waals surface area contributed by atoms with Crippen LogP contribution in [-0.4, -0.2) is 18.5 Å². The largest absolute Gasteiger partial charge is 0.493 e. The molecule has 0 amide bonds. The van der Waals surface area contributed by atoms with E-state index in [1.165, 1.54) is 19.3 Å². The highest BCUT2D eigenvalue weighted by Gasteiger charge is 2.11. The molecule has 0 saturated heterocycles. The van der Waals surface area contributed by atoms with Crippen LogP contribution in [0.4, 0.5) is 0 Å². The summed E-state index contributed by atoms with van der Waals surface area (Å²) in [6, 6.07) is 10.4. The number of hydrogen-bond acceptors (Lipinski definition) is 2. The first kappa shape index (κ1) is 17.1. The molecule has 0 heterocycles. The van der Waals surface area contributed by atoms with Crippen LogP contribution in [0.3, 0.4) is 0 Å². The van der Waals surface area contributed by atoms with Crippen LogP contribution in [0, 0.1) is 6.92 Å². The van der Waals surface area contributed by atoms with Gasteiger partial charge in [0.15, 0.2) is 0 Å². The van der Waals surface area contributed by atoms with Crippen LogP contribution in [0.1, 0.15) is 38.2 Å². The number of unbranched alkanes of at least 4 members (excludes halogenated alkanes) is 3. The molecule has 0 atom stereocenters. The van der Waals surface area contributed by atoms with Crippen molar-refractivity contribution >= 4 is 26.7 Å². The van der Waals surface area contributed by atoms with Gasteiger partial charge < -0.3 is 9.47 Å². The lowest BCUT2D eigenvalue weighted by molar-refractivity contribution is 0.305. The second-order valence-electron chi connectivity index (χ2n) is 5.51. The molecule has 22 heavy (non-hydrogen) atoms. The maximum atomic E-state index is 6.09. The fourth-order valence-corrected chi connectivity index (χ4v) is 2.77. The SMILES string of the molecule is CCCCCCOc1c(C)cc(OCCBr)c2ccccc12. The number of aryl methyl sites for hydroxylation is 1. The molecule has 0 aromatic heterocycles. The lowest BCUT2D eigenvalue weighted by Crippen LogP contribution is -2.02. The standard InChI is InChI=1S/C19H25BrO2/c1-3-4-5-8-12-22-19-15(2)14-18(21-13-11-20)16-9-6-7-10-17(16)19/h6-7,9-10,14H,3-5,8,11-13H2,1-2H3. The quantitative estimate of drug-likeness (QED) is 0.408. The van der Waals surface area contributed by atoms with Gasteiger partial charge in [0.25, 0.3) is 0 Å². The summed E-state index contributed by atoms with van der Waals surface area (Å²) in [5.41, 5.74) is 1.14. The molecule has 0 bridgehead atoms. The third-order valence-corrected chi connectivity index (χ3v) is 4.05. The summed E-state index contributed by atoms with van der Waals surface area (Å²) in [6.07, 6.45) is 4.88. The first-order chi connectivity index (χ1) is 10.8. The minimum atomic E-state index is 0.667. The van der Waals surface area contributed by atoms with Crippen molar-refractivity contribution in [2.75, 3.05) is 18.5 Å². The second kappa shape index (κ2) is 9.04. The Morgan fingerprint density at radius 1 is 0.955 bits per heavy atom. The summed E-state index contributed by atoms with van der Waals surface area (Å²) in [6.45, 7) is 5.77. The average Bonchev–Trinajstić information content (AvgIpc) is 2.54. The van der Waals surface area contributed by atoms with E-state index in [4.69, 9.17) is 9.47 Å². The van der Waals surface area contributed by atoms with E-state index in [0.29, 0.717) is 6.61 Å². The molecule has 2 rings (SSSR count). The van der Waals surface area contributed by atoms with Crippen molar-refractivity contribution in [3.63, 3.8) is 0 Å². The molecule has 0 aliphatic heterocycles. The van der Waals surface area contributed by atoms with Crippen LogP contribution in [0.5, 0.6) is 11.5 Å². The van der Waals surface area contributed by atoms with Crippen molar-refractivity contribution in [1.82, 2.24) is 0 Å². The molecule has 0 fully saturated rings. The fraction of sp³-hybridized carbons (Fsp3) is 0.474. The van der Waals surface area contributed by atoms with E-state index in [0.717, 1.165) is 46.2 Å². The van der Waals surface area contributed by atoms with Gasteiger partial charge in [-0.15, -0.1) is 0 Å². The summed E-state index contributed by atoms with van der Waals surface area (Å²) in [4.78, 5) is 0. The smallest absolute Gasteiger partial charge is 0.130 e. The molecule has 0 radical (unpaired) electrons. The molecule has 2 aromatic carbocycles. The van der Waals surface area contributed by atoms with Gasteiger partial charge in [-0.2, -0.15) is 0 Å². The molecule has 0 saturated carbocycles. The molecular weight excluding hydrogens is 340 g/mol. The topological polar surface area (TPSA) is 18.5 Å². The van der Waals surface area contributed by atoms with E-state index in [1.54, 1.807) is 0 Å². The van der Waals surface area contributed by atoms with E-state index in [2.05, 4.69) is 54.0 Å². The zero-order chi connectivity index (χ0) is 15.8. The average molecular weight is 365 g/mol. The number of hydrogen-bond donors (Lipinski definition) is 0. The van der Waals surface area contributed by atoms with Crippen molar-refractivity contribution in [3.05, 3.63) is 35.9 Å². The van der Waals surface area contributed by atoms with Gasteiger partial charge in [-0.3, -0.25) is 0 Å². The first-order valence-electron chi connectivity index (χ1n) is 8.11. The summed E-state index contributed by atoms with van der Waals surface area (Å²) < 4.78 is 12.0. The molecule has 2 nitrogen and oxygen atoms in total. The van der Waals surface area contributed by atoms with Crippen molar-refractivity contribution in [3.8, 4) is 11.5 Å². The van der Waals surface area contributed by atoms with E-state index >= 15 is 0 Å². The number of alkyl halides is 1. The zero-order valence-electron chi connectivity index (χ0n) is 13.5. The number of fused-ring (bicyclic) bond motifs is 1. The van der Waals surface area contributed by atoms with Crippen LogP contribution in [-0.2, 0) is 0 Å². The Hall–Kier alpha value is -1.22. The van der Waals surface area contributed by atoms with Gasteiger partial charge in [0.2, 0.25) is 0 Å². The predicted molar refractivity (Wildman–Crippen MR) is 97.6 cm³/mol. The number of benzene rings is 2. The molecule has 0 aliphatic rings. The minimum absolute atomic E-state index is 0.667. The second-order valence-corrected chi connectivity index (χ2v) is 6.31. The van der Waals surface area contributed by atoms with Crippen LogP contribution < -0.4 is 9.47 Å². The molecule has 0 N–H and O–H groups in total. The molecule has 0 aliphatic carbocycles. The van der Waals surface area contributed by atoms with Crippen molar-refractivity contribution < 1.29 is 9.47 Å². The third kappa shape index (κ3) is 4.39. The Bertz CT molecular complexity index is 595. The highest BCUT2D eigenvalue weighted by Crippen LogP contribution is 2.36.